The number of ether oxygens (including phenoxy) is 1. The summed E-state index contributed by atoms with van der Waals surface area (Å²) in [6.45, 7) is 4.84. The number of hydrogen-bond acceptors (Lipinski definition) is 6. The van der Waals surface area contributed by atoms with Crippen LogP contribution in [-0.4, -0.2) is 79.5 Å². The van der Waals surface area contributed by atoms with Gasteiger partial charge in [0.25, 0.3) is 0 Å². The Kier molecular flexibility index (Phi) is 20.9. The quantitative estimate of drug-likeness (QED) is 0.166. The first kappa shape index (κ1) is 30.9. The van der Waals surface area contributed by atoms with Gasteiger partial charge in [0, 0.05) is 13.2 Å². The molecule has 9 heteroatoms. The molecule has 0 rings (SSSR count). The van der Waals surface area contributed by atoms with E-state index in [1.165, 1.54) is 32.1 Å². The molecule has 176 valence electrons. The van der Waals surface area contributed by atoms with Crippen LogP contribution in [0, 0.1) is 0 Å². The van der Waals surface area contributed by atoms with Crippen LogP contribution >= 0.6 is 8.60 Å². The number of carbonyl (C=O) groups is 1. The fraction of sp³-hybridized carbons (Fsp3) is 0.950. The molecule has 0 radical (unpaired) electrons. The highest BCUT2D eigenvalue weighted by Crippen LogP contribution is 2.36. The number of carboxylic acids is 1. The van der Waals surface area contributed by atoms with Gasteiger partial charge in [-0.05, 0) is 19.3 Å². The zero-order chi connectivity index (χ0) is 21.3. The van der Waals surface area contributed by atoms with Crippen LogP contribution in [0.5, 0.6) is 0 Å². The molecule has 0 aromatic heterocycles. The summed E-state index contributed by atoms with van der Waals surface area (Å²) in [4.78, 5) is 20.9. The number of quaternary nitrogens is 1. The monoisotopic (exact) mass is 441 g/mol. The zero-order valence-corrected chi connectivity index (χ0v) is 19.7. The van der Waals surface area contributed by atoms with E-state index >= 15 is 0 Å². The minimum absolute atomic E-state index is 0. The first-order valence-corrected chi connectivity index (χ1v) is 11.8. The molecule has 0 bridgehead atoms. The van der Waals surface area contributed by atoms with Crippen LogP contribution in [0.1, 0.15) is 71.1 Å². The van der Waals surface area contributed by atoms with Crippen LogP contribution in [0.4, 0.5) is 0 Å². The summed E-state index contributed by atoms with van der Waals surface area (Å²) < 4.78 is 16.8. The molecular formula is C20H44NO7P. The van der Waals surface area contributed by atoms with Crippen molar-refractivity contribution < 1.29 is 38.5 Å². The minimum Gasteiger partial charge on any atom is -0.870 e. The van der Waals surface area contributed by atoms with Crippen LogP contribution in [-0.2, 0) is 18.6 Å². The number of rotatable bonds is 20. The summed E-state index contributed by atoms with van der Waals surface area (Å²) in [5.41, 5.74) is 0. The summed E-state index contributed by atoms with van der Waals surface area (Å²) >= 11 is 0. The number of nitrogens with zero attached hydrogens (tertiary/aromatic N) is 1. The molecule has 0 aliphatic carbocycles. The van der Waals surface area contributed by atoms with Gasteiger partial charge in [-0.15, -0.1) is 0 Å². The van der Waals surface area contributed by atoms with Gasteiger partial charge in [0.1, 0.15) is 12.6 Å². The third-order valence-electron chi connectivity index (χ3n) is 4.13. The van der Waals surface area contributed by atoms with Crippen molar-refractivity contribution in [2.24, 2.45) is 0 Å². The van der Waals surface area contributed by atoms with Gasteiger partial charge in [0.05, 0.1) is 34.2 Å². The topological polar surface area (TPSA) is 115 Å². The lowest BCUT2D eigenvalue weighted by Crippen LogP contribution is -2.42. The first-order valence-electron chi connectivity index (χ1n) is 10.6. The molecule has 2 atom stereocenters. The molecule has 0 saturated heterocycles. The van der Waals surface area contributed by atoms with E-state index in [2.05, 4.69) is 6.92 Å². The maximum Gasteiger partial charge on any atom is 0.330 e. The first-order chi connectivity index (χ1) is 13.2. The van der Waals surface area contributed by atoms with Crippen molar-refractivity contribution in [2.75, 3.05) is 47.5 Å². The summed E-state index contributed by atoms with van der Waals surface area (Å²) in [6.07, 6.45) is 9.66. The predicted octanol–water partition coefficient (Wildman–Crippen LogP) is 4.16. The van der Waals surface area contributed by atoms with Crippen molar-refractivity contribution in [3.63, 3.8) is 0 Å². The average molecular weight is 442 g/mol. The number of carboxylic acid groups (broad SMARTS) is 1. The van der Waals surface area contributed by atoms with Crippen molar-refractivity contribution in [1.82, 2.24) is 0 Å². The molecule has 29 heavy (non-hydrogen) atoms. The normalized spacial score (nSPS) is 13.7. The lowest BCUT2D eigenvalue weighted by molar-refractivity contribution is -0.873. The molecule has 0 aliphatic rings. The van der Waals surface area contributed by atoms with Crippen LogP contribution in [0.2, 0.25) is 0 Å². The molecule has 1 unspecified atom stereocenters. The van der Waals surface area contributed by atoms with E-state index in [1.54, 1.807) is 0 Å². The fourth-order valence-corrected chi connectivity index (χ4v) is 3.60. The van der Waals surface area contributed by atoms with Gasteiger partial charge < -0.3 is 33.7 Å². The number of likely N-dealkylation sites (N-methyl/N-ethyl adjacent to an activating group) is 1. The Morgan fingerprint density at radius 3 is 1.93 bits per heavy atom. The van der Waals surface area contributed by atoms with Gasteiger partial charge in [-0.25, -0.2) is 0 Å². The summed E-state index contributed by atoms with van der Waals surface area (Å²) in [6, 6.07) is 0. The van der Waals surface area contributed by atoms with E-state index in [0.717, 1.165) is 38.9 Å². The molecular weight excluding hydrogens is 397 g/mol. The van der Waals surface area contributed by atoms with Crippen molar-refractivity contribution in [3.05, 3.63) is 0 Å². The molecule has 0 fully saturated rings. The third-order valence-corrected chi connectivity index (χ3v) is 5.01. The van der Waals surface area contributed by atoms with Crippen LogP contribution in [0.15, 0.2) is 0 Å². The average Bonchev–Trinajstić information content (AvgIpc) is 2.56. The van der Waals surface area contributed by atoms with E-state index in [0.29, 0.717) is 17.6 Å². The van der Waals surface area contributed by atoms with E-state index in [1.807, 2.05) is 21.1 Å². The van der Waals surface area contributed by atoms with Gasteiger partial charge >= 0.3 is 14.6 Å². The summed E-state index contributed by atoms with van der Waals surface area (Å²) in [5.74, 6) is -0.935. The van der Waals surface area contributed by atoms with Crippen LogP contribution < -0.4 is 0 Å². The van der Waals surface area contributed by atoms with Crippen molar-refractivity contribution in [1.29, 1.82) is 0 Å². The molecule has 0 heterocycles. The summed E-state index contributed by atoms with van der Waals surface area (Å²) in [7, 11) is 3.84. The zero-order valence-electron chi connectivity index (χ0n) is 18.8. The smallest absolute Gasteiger partial charge is 0.330 e. The largest absolute Gasteiger partial charge is 0.870 e. The van der Waals surface area contributed by atoms with Crippen molar-refractivity contribution in [3.8, 4) is 0 Å². The van der Waals surface area contributed by atoms with E-state index in [9.17, 15) is 9.69 Å². The lowest BCUT2D eigenvalue weighted by Gasteiger charge is -2.29. The molecule has 0 saturated carbocycles. The van der Waals surface area contributed by atoms with Gasteiger partial charge in [0.2, 0.25) is 0 Å². The van der Waals surface area contributed by atoms with Gasteiger partial charge in [0.15, 0.2) is 0 Å². The molecule has 0 spiro atoms. The lowest BCUT2D eigenvalue weighted by atomic mass is 10.1. The molecule has 0 aromatic carbocycles. The van der Waals surface area contributed by atoms with E-state index in [-0.39, 0.29) is 11.9 Å². The highest BCUT2D eigenvalue weighted by molar-refractivity contribution is 7.40. The Morgan fingerprint density at radius 2 is 1.45 bits per heavy atom. The Bertz CT molecular complexity index is 380. The second kappa shape index (κ2) is 19.6. The molecule has 0 aromatic rings. The highest BCUT2D eigenvalue weighted by atomic mass is 31.2. The Hall–Kier alpha value is -0.340. The maximum atomic E-state index is 11.0. The standard InChI is InChI=1S/C20H42NO6P.H2O/c1-5-14-25-15-12-10-8-6-7-9-11-13-16-26-28(24)27-19(17-20(22)23)18-21(2,3)4;/h19,24H,5-18H2,1-4H3;1H2/t19?,28-;/m0./s1. The van der Waals surface area contributed by atoms with Crippen molar-refractivity contribution >= 4 is 14.6 Å². The van der Waals surface area contributed by atoms with Gasteiger partial charge in [-0.1, -0.05) is 45.4 Å². The summed E-state index contributed by atoms with van der Waals surface area (Å²) in [5, 5.41) is 8.98. The SMILES string of the molecule is CCCOCCCCCCCCCCO[P@](O)OC(CC(=O)O)C[N+](C)(C)C.[OH-]. The Labute approximate surface area is 178 Å². The Morgan fingerprint density at radius 1 is 0.931 bits per heavy atom. The maximum absolute atomic E-state index is 11.0. The van der Waals surface area contributed by atoms with E-state index in [4.69, 9.17) is 18.9 Å². The number of hydrogen-bond donors (Lipinski definition) is 2. The fourth-order valence-electron chi connectivity index (χ4n) is 2.85. The molecule has 3 N–H and O–H groups in total. The number of unbranched alkanes of at least 4 members (excludes halogenated alkanes) is 7. The number of aliphatic carboxylic acids is 1. The van der Waals surface area contributed by atoms with Crippen LogP contribution in [0.25, 0.3) is 0 Å². The van der Waals surface area contributed by atoms with Crippen LogP contribution in [0.3, 0.4) is 0 Å². The molecule has 0 amide bonds. The van der Waals surface area contributed by atoms with Gasteiger partial charge in [-0.2, -0.15) is 0 Å². The van der Waals surface area contributed by atoms with Gasteiger partial charge in [-0.3, -0.25) is 4.79 Å². The molecule has 8 nitrogen and oxygen atoms in total. The second-order valence-corrected chi connectivity index (χ2v) is 9.25. The van der Waals surface area contributed by atoms with E-state index < -0.39 is 20.7 Å². The Balaban J connectivity index is 0. The molecule has 0 aliphatic heterocycles. The predicted molar refractivity (Wildman–Crippen MR) is 115 cm³/mol. The second-order valence-electron chi connectivity index (χ2n) is 8.31. The highest BCUT2D eigenvalue weighted by Gasteiger charge is 2.25. The minimum atomic E-state index is -2.03. The third kappa shape index (κ3) is 23.8. The van der Waals surface area contributed by atoms with Crippen molar-refractivity contribution in [2.45, 2.75) is 77.2 Å².